The number of hydrogen-bond acceptors (Lipinski definition) is 5. The molecule has 1 aliphatic heterocycles. The number of alkyl halides is 3. The molecule has 0 aromatic heterocycles. The fourth-order valence-electron chi connectivity index (χ4n) is 3.29. The number of carbonyl (C=O) groups is 2. The first-order chi connectivity index (χ1) is 14.5. The number of benzene rings is 2. The SMILES string of the molecule is CC(c1ccccc1)N1CC(C(=O)NS(=O)(=O)c2ccc(SC(F)(F)F)cc2)CC1=O. The average Bonchev–Trinajstić information content (AvgIpc) is 3.09. The molecule has 31 heavy (non-hydrogen) atoms. The first-order valence-corrected chi connectivity index (χ1v) is 11.5. The van der Waals surface area contributed by atoms with Crippen molar-refractivity contribution in [3.8, 4) is 0 Å². The lowest BCUT2D eigenvalue weighted by molar-refractivity contribution is -0.130. The lowest BCUT2D eigenvalue weighted by Gasteiger charge is -2.25. The van der Waals surface area contributed by atoms with Crippen LogP contribution in [0.5, 0.6) is 0 Å². The van der Waals surface area contributed by atoms with E-state index in [9.17, 15) is 31.2 Å². The van der Waals surface area contributed by atoms with E-state index in [4.69, 9.17) is 0 Å². The zero-order chi connectivity index (χ0) is 22.8. The van der Waals surface area contributed by atoms with E-state index in [0.717, 1.165) is 29.8 Å². The summed E-state index contributed by atoms with van der Waals surface area (Å²) in [7, 11) is -4.28. The number of amides is 2. The highest BCUT2D eigenvalue weighted by atomic mass is 32.2. The van der Waals surface area contributed by atoms with Gasteiger partial charge in [-0.05, 0) is 48.5 Å². The number of sulfonamides is 1. The predicted octanol–water partition coefficient (Wildman–Crippen LogP) is 3.71. The van der Waals surface area contributed by atoms with Crippen molar-refractivity contribution in [2.24, 2.45) is 5.92 Å². The Labute approximate surface area is 181 Å². The van der Waals surface area contributed by atoms with Crippen LogP contribution in [-0.2, 0) is 19.6 Å². The molecule has 1 heterocycles. The van der Waals surface area contributed by atoms with Crippen molar-refractivity contribution < 1.29 is 31.2 Å². The Morgan fingerprint density at radius 2 is 1.74 bits per heavy atom. The van der Waals surface area contributed by atoms with E-state index in [2.05, 4.69) is 0 Å². The molecule has 2 aromatic carbocycles. The van der Waals surface area contributed by atoms with Gasteiger partial charge in [0.15, 0.2) is 0 Å². The summed E-state index contributed by atoms with van der Waals surface area (Å²) in [5.74, 6) is -1.94. The minimum atomic E-state index is -4.49. The number of nitrogens with zero attached hydrogens (tertiary/aromatic N) is 1. The molecule has 1 N–H and O–H groups in total. The third-order valence-electron chi connectivity index (χ3n) is 4.88. The summed E-state index contributed by atoms with van der Waals surface area (Å²) in [5, 5.41) is 0. The maximum absolute atomic E-state index is 12.5. The zero-order valence-corrected chi connectivity index (χ0v) is 17.9. The fourth-order valence-corrected chi connectivity index (χ4v) is 4.87. The van der Waals surface area contributed by atoms with Gasteiger partial charge >= 0.3 is 5.51 Å². The highest BCUT2D eigenvalue weighted by Gasteiger charge is 2.38. The Morgan fingerprint density at radius 3 is 2.32 bits per heavy atom. The molecule has 2 unspecified atom stereocenters. The van der Waals surface area contributed by atoms with Crippen LogP contribution in [0.3, 0.4) is 0 Å². The van der Waals surface area contributed by atoms with E-state index in [1.54, 1.807) is 0 Å². The number of hydrogen-bond donors (Lipinski definition) is 1. The summed E-state index contributed by atoms with van der Waals surface area (Å²) >= 11 is -0.370. The maximum atomic E-state index is 12.5. The Kier molecular flexibility index (Phi) is 6.65. The van der Waals surface area contributed by atoms with Crippen LogP contribution in [0.1, 0.15) is 24.9 Å². The van der Waals surface area contributed by atoms with Gasteiger partial charge in [-0.2, -0.15) is 13.2 Å². The summed E-state index contributed by atoms with van der Waals surface area (Å²) in [6.45, 7) is 1.89. The third-order valence-corrected chi connectivity index (χ3v) is 6.98. The van der Waals surface area contributed by atoms with Gasteiger partial charge in [-0.25, -0.2) is 13.1 Å². The molecule has 11 heteroatoms. The minimum absolute atomic E-state index is 0.0669. The zero-order valence-electron chi connectivity index (χ0n) is 16.3. The summed E-state index contributed by atoms with van der Waals surface area (Å²) in [4.78, 5) is 25.9. The lowest BCUT2D eigenvalue weighted by atomic mass is 10.1. The summed E-state index contributed by atoms with van der Waals surface area (Å²) < 4.78 is 64.1. The maximum Gasteiger partial charge on any atom is 0.446 e. The van der Waals surface area contributed by atoms with Crippen LogP contribution >= 0.6 is 11.8 Å². The predicted molar refractivity (Wildman–Crippen MR) is 108 cm³/mol. The number of likely N-dealkylation sites (tertiary alicyclic amines) is 1. The second kappa shape index (κ2) is 8.91. The Bertz CT molecular complexity index is 1060. The van der Waals surface area contributed by atoms with Crippen LogP contribution in [-0.4, -0.2) is 37.2 Å². The first kappa shape index (κ1) is 23.1. The number of carbonyl (C=O) groups excluding carboxylic acids is 2. The van der Waals surface area contributed by atoms with Crippen LogP contribution in [0.2, 0.25) is 0 Å². The summed E-state index contributed by atoms with van der Waals surface area (Å²) in [6, 6.07) is 13.0. The molecule has 0 saturated carbocycles. The molecule has 1 fully saturated rings. The molecule has 6 nitrogen and oxygen atoms in total. The van der Waals surface area contributed by atoms with Crippen molar-refractivity contribution in [2.45, 2.75) is 34.7 Å². The Balaban J connectivity index is 1.66. The van der Waals surface area contributed by atoms with Gasteiger partial charge in [0.1, 0.15) is 0 Å². The van der Waals surface area contributed by atoms with Crippen LogP contribution in [0.4, 0.5) is 13.2 Å². The number of thioether (sulfide) groups is 1. The normalized spacial score (nSPS) is 18.1. The van der Waals surface area contributed by atoms with Crippen LogP contribution in [0.15, 0.2) is 64.4 Å². The molecule has 2 amide bonds. The van der Waals surface area contributed by atoms with Crippen molar-refractivity contribution in [1.82, 2.24) is 9.62 Å². The van der Waals surface area contributed by atoms with Crippen molar-refractivity contribution in [3.63, 3.8) is 0 Å². The van der Waals surface area contributed by atoms with Crippen molar-refractivity contribution in [2.75, 3.05) is 6.54 Å². The summed E-state index contributed by atoms with van der Waals surface area (Å²) in [6.07, 6.45) is -0.125. The van der Waals surface area contributed by atoms with Crippen molar-refractivity contribution in [1.29, 1.82) is 0 Å². The molecular formula is C20H19F3N2O4S2. The van der Waals surface area contributed by atoms with Crippen molar-refractivity contribution in [3.05, 3.63) is 60.2 Å². The number of nitrogens with one attached hydrogen (secondary N) is 1. The Morgan fingerprint density at radius 1 is 1.13 bits per heavy atom. The van der Waals surface area contributed by atoms with Gasteiger partial charge in [-0.1, -0.05) is 30.3 Å². The van der Waals surface area contributed by atoms with Gasteiger partial charge in [-0.3, -0.25) is 9.59 Å². The second-order valence-corrected chi connectivity index (χ2v) is 9.84. The molecule has 3 rings (SSSR count). The smallest absolute Gasteiger partial charge is 0.335 e. The fraction of sp³-hybridized carbons (Fsp3) is 0.300. The summed E-state index contributed by atoms with van der Waals surface area (Å²) in [5.41, 5.74) is -3.60. The van der Waals surface area contributed by atoms with Gasteiger partial charge in [0, 0.05) is 17.9 Å². The molecule has 1 aliphatic rings. The van der Waals surface area contributed by atoms with Crippen LogP contribution < -0.4 is 4.72 Å². The Hall–Kier alpha value is -2.53. The molecule has 1 saturated heterocycles. The first-order valence-electron chi connectivity index (χ1n) is 9.23. The quantitative estimate of drug-likeness (QED) is 0.648. The molecule has 0 aliphatic carbocycles. The highest BCUT2D eigenvalue weighted by molar-refractivity contribution is 8.00. The van der Waals surface area contributed by atoms with E-state index in [1.807, 2.05) is 42.0 Å². The standard InChI is InChI=1S/C20H19F3N2O4S2/c1-13(14-5-3-2-4-6-14)25-12-15(11-18(25)26)19(27)24-31(28,29)17-9-7-16(8-10-17)30-20(21,22)23/h2-10,13,15H,11-12H2,1H3,(H,24,27). The molecule has 0 spiro atoms. The van der Waals surface area contributed by atoms with Crippen LogP contribution in [0.25, 0.3) is 0 Å². The van der Waals surface area contributed by atoms with Gasteiger partial charge in [0.2, 0.25) is 11.8 Å². The highest BCUT2D eigenvalue weighted by Crippen LogP contribution is 2.37. The monoisotopic (exact) mass is 472 g/mol. The lowest BCUT2D eigenvalue weighted by Crippen LogP contribution is -2.37. The van der Waals surface area contributed by atoms with Gasteiger partial charge in [0.25, 0.3) is 10.0 Å². The van der Waals surface area contributed by atoms with E-state index in [1.165, 1.54) is 4.90 Å². The van der Waals surface area contributed by atoms with Crippen LogP contribution in [0, 0.1) is 5.92 Å². The molecule has 0 bridgehead atoms. The second-order valence-electron chi connectivity index (χ2n) is 7.02. The van der Waals surface area contributed by atoms with E-state index in [0.29, 0.717) is 0 Å². The molecule has 0 radical (unpaired) electrons. The van der Waals surface area contributed by atoms with E-state index < -0.39 is 27.4 Å². The molecular weight excluding hydrogens is 453 g/mol. The molecule has 166 valence electrons. The van der Waals surface area contributed by atoms with Gasteiger partial charge < -0.3 is 4.90 Å². The number of halogens is 3. The van der Waals surface area contributed by atoms with Gasteiger partial charge in [-0.15, -0.1) is 0 Å². The third kappa shape index (κ3) is 5.79. The van der Waals surface area contributed by atoms with Crippen molar-refractivity contribution >= 4 is 33.6 Å². The van der Waals surface area contributed by atoms with E-state index in [-0.39, 0.29) is 46.5 Å². The molecule has 2 aromatic rings. The average molecular weight is 473 g/mol. The van der Waals surface area contributed by atoms with Gasteiger partial charge in [0.05, 0.1) is 16.9 Å². The minimum Gasteiger partial charge on any atom is -0.335 e. The molecule has 2 atom stereocenters. The van der Waals surface area contributed by atoms with E-state index >= 15 is 0 Å². The topological polar surface area (TPSA) is 83.6 Å². The largest absolute Gasteiger partial charge is 0.446 e. The number of rotatable bonds is 6.